The molecule has 0 saturated carbocycles. The zero-order chi connectivity index (χ0) is 10.0. The zero-order valence-corrected chi connectivity index (χ0v) is 9.83. The number of hydrogen-bond donors (Lipinski definition) is 2. The molecule has 0 amide bonds. The Morgan fingerprint density at radius 1 is 1.64 bits per heavy atom. The molecule has 0 spiro atoms. The maximum Gasteiger partial charge on any atom is 0.1000 e. The van der Waals surface area contributed by atoms with Gasteiger partial charge in [-0.15, -0.1) is 0 Å². The van der Waals surface area contributed by atoms with Gasteiger partial charge in [0, 0.05) is 24.1 Å². The lowest BCUT2D eigenvalue weighted by molar-refractivity contribution is 0.0553. The van der Waals surface area contributed by atoms with Gasteiger partial charge >= 0.3 is 0 Å². The molecule has 1 aliphatic heterocycles. The monoisotopic (exact) mass is 229 g/mol. The highest BCUT2D eigenvalue weighted by atomic mass is 32.2. The number of rotatable bonds is 4. The molecule has 1 aromatic heterocycles. The van der Waals surface area contributed by atoms with E-state index < -0.39 is 5.60 Å². The second-order valence-electron chi connectivity index (χ2n) is 3.90. The van der Waals surface area contributed by atoms with Gasteiger partial charge in [-0.3, -0.25) is 0 Å². The first-order chi connectivity index (χ1) is 6.68. The van der Waals surface area contributed by atoms with E-state index in [4.69, 9.17) is 0 Å². The third-order valence-corrected chi connectivity index (χ3v) is 4.48. The largest absolute Gasteiger partial charge is 0.384 e. The van der Waals surface area contributed by atoms with Crippen LogP contribution in [-0.2, 0) is 5.60 Å². The predicted octanol–water partition coefficient (Wildman–Crippen LogP) is 1.66. The van der Waals surface area contributed by atoms with Gasteiger partial charge in [0.2, 0.25) is 0 Å². The predicted molar refractivity (Wildman–Crippen MR) is 63.0 cm³/mol. The van der Waals surface area contributed by atoms with Crippen molar-refractivity contribution in [1.82, 2.24) is 5.32 Å². The van der Waals surface area contributed by atoms with E-state index in [0.717, 1.165) is 5.56 Å². The van der Waals surface area contributed by atoms with E-state index in [1.54, 1.807) is 11.3 Å². The van der Waals surface area contributed by atoms with Crippen LogP contribution in [0.2, 0.25) is 0 Å². The van der Waals surface area contributed by atoms with Crippen molar-refractivity contribution < 1.29 is 5.11 Å². The fraction of sp³-hybridized carbons (Fsp3) is 0.600. The standard InChI is InChI=1S/C10H15NOS2/c1-10(12,8-2-3-13-4-8)7-11-9-5-14-6-9/h2-4,9,11-12H,5-7H2,1H3. The first-order valence-corrected chi connectivity index (χ1v) is 6.84. The number of hydrogen-bond acceptors (Lipinski definition) is 4. The third-order valence-electron chi connectivity index (χ3n) is 2.52. The van der Waals surface area contributed by atoms with Crippen molar-refractivity contribution in [3.8, 4) is 0 Å². The molecule has 2 N–H and O–H groups in total. The quantitative estimate of drug-likeness (QED) is 0.823. The maximum absolute atomic E-state index is 10.2. The first-order valence-electron chi connectivity index (χ1n) is 4.75. The molecule has 78 valence electrons. The van der Waals surface area contributed by atoms with Gasteiger partial charge in [0.1, 0.15) is 0 Å². The Balaban J connectivity index is 1.88. The van der Waals surface area contributed by atoms with Crippen molar-refractivity contribution >= 4 is 23.1 Å². The number of thiophene rings is 1. The lowest BCUT2D eigenvalue weighted by atomic mass is 9.99. The van der Waals surface area contributed by atoms with Gasteiger partial charge in [-0.1, -0.05) is 0 Å². The molecule has 0 radical (unpaired) electrons. The molecule has 4 heteroatoms. The second-order valence-corrected chi connectivity index (χ2v) is 5.76. The highest BCUT2D eigenvalue weighted by molar-refractivity contribution is 8.00. The number of aliphatic hydroxyl groups is 1. The van der Waals surface area contributed by atoms with E-state index in [2.05, 4.69) is 5.32 Å². The van der Waals surface area contributed by atoms with Gasteiger partial charge in [-0.05, 0) is 29.3 Å². The fourth-order valence-electron chi connectivity index (χ4n) is 1.37. The van der Waals surface area contributed by atoms with Crippen LogP contribution in [0.25, 0.3) is 0 Å². The van der Waals surface area contributed by atoms with Crippen molar-refractivity contribution in [2.75, 3.05) is 18.1 Å². The molecule has 0 aliphatic carbocycles. The summed E-state index contributed by atoms with van der Waals surface area (Å²) in [7, 11) is 0. The van der Waals surface area contributed by atoms with Crippen LogP contribution in [0.4, 0.5) is 0 Å². The van der Waals surface area contributed by atoms with Crippen LogP contribution < -0.4 is 5.32 Å². The summed E-state index contributed by atoms with van der Waals surface area (Å²) in [6.45, 7) is 2.52. The van der Waals surface area contributed by atoms with Crippen LogP contribution in [0.15, 0.2) is 16.8 Å². The van der Waals surface area contributed by atoms with Gasteiger partial charge in [0.15, 0.2) is 0 Å². The minimum atomic E-state index is -0.722. The average molecular weight is 229 g/mol. The van der Waals surface area contributed by atoms with E-state index in [1.165, 1.54) is 11.5 Å². The minimum Gasteiger partial charge on any atom is -0.384 e. The Labute approximate surface area is 92.7 Å². The molecule has 0 aromatic carbocycles. The van der Waals surface area contributed by atoms with Gasteiger partial charge in [0.05, 0.1) is 5.60 Å². The molecule has 1 saturated heterocycles. The van der Waals surface area contributed by atoms with E-state index in [9.17, 15) is 5.11 Å². The molecule has 1 atom stereocenters. The summed E-state index contributed by atoms with van der Waals surface area (Å²) in [4.78, 5) is 0. The van der Waals surface area contributed by atoms with Crippen LogP contribution in [0.5, 0.6) is 0 Å². The summed E-state index contributed by atoms with van der Waals surface area (Å²) in [5.41, 5.74) is 0.294. The highest BCUT2D eigenvalue weighted by Gasteiger charge is 2.26. The fourth-order valence-corrected chi connectivity index (χ4v) is 2.86. The summed E-state index contributed by atoms with van der Waals surface area (Å²) < 4.78 is 0. The Morgan fingerprint density at radius 2 is 2.43 bits per heavy atom. The topological polar surface area (TPSA) is 32.3 Å². The molecule has 2 heterocycles. The molecule has 1 fully saturated rings. The zero-order valence-electron chi connectivity index (χ0n) is 8.19. The van der Waals surface area contributed by atoms with Crippen molar-refractivity contribution in [2.45, 2.75) is 18.6 Å². The minimum absolute atomic E-state index is 0.602. The number of nitrogens with one attached hydrogen (secondary N) is 1. The average Bonchev–Trinajstić information content (AvgIpc) is 2.52. The van der Waals surface area contributed by atoms with Gasteiger partial charge in [-0.25, -0.2) is 0 Å². The molecule has 2 rings (SSSR count). The summed E-state index contributed by atoms with van der Waals surface area (Å²) in [6.07, 6.45) is 0. The van der Waals surface area contributed by atoms with Crippen molar-refractivity contribution in [3.63, 3.8) is 0 Å². The third kappa shape index (κ3) is 2.31. The van der Waals surface area contributed by atoms with Crippen LogP contribution in [-0.4, -0.2) is 29.2 Å². The summed E-state index contributed by atoms with van der Waals surface area (Å²) in [5.74, 6) is 2.36. The smallest absolute Gasteiger partial charge is 0.1000 e. The first kappa shape index (κ1) is 10.5. The van der Waals surface area contributed by atoms with Crippen LogP contribution in [0.1, 0.15) is 12.5 Å². The van der Waals surface area contributed by atoms with Gasteiger partial charge < -0.3 is 10.4 Å². The highest BCUT2D eigenvalue weighted by Crippen LogP contribution is 2.24. The summed E-state index contributed by atoms with van der Waals surface area (Å²) in [5, 5.41) is 17.6. The summed E-state index contributed by atoms with van der Waals surface area (Å²) >= 11 is 3.58. The summed E-state index contributed by atoms with van der Waals surface area (Å²) in [6, 6.07) is 2.59. The maximum atomic E-state index is 10.2. The molecule has 1 aromatic rings. The van der Waals surface area contributed by atoms with Crippen molar-refractivity contribution in [3.05, 3.63) is 22.4 Å². The Kier molecular flexibility index (Phi) is 3.17. The molecule has 1 unspecified atom stereocenters. The van der Waals surface area contributed by atoms with Crippen LogP contribution >= 0.6 is 23.1 Å². The Bertz CT molecular complexity index is 280. The SMILES string of the molecule is CC(O)(CNC1CSC1)c1ccsc1. The van der Waals surface area contributed by atoms with Gasteiger partial charge in [-0.2, -0.15) is 23.1 Å². The second kappa shape index (κ2) is 4.23. The molecule has 2 nitrogen and oxygen atoms in total. The molecule has 0 bridgehead atoms. The van der Waals surface area contributed by atoms with Gasteiger partial charge in [0.25, 0.3) is 0 Å². The van der Waals surface area contributed by atoms with E-state index in [1.807, 2.05) is 35.5 Å². The normalized spacial score (nSPS) is 21.6. The van der Waals surface area contributed by atoms with Crippen molar-refractivity contribution in [2.24, 2.45) is 0 Å². The van der Waals surface area contributed by atoms with Crippen LogP contribution in [0, 0.1) is 0 Å². The lowest BCUT2D eigenvalue weighted by Crippen LogP contribution is -2.46. The lowest BCUT2D eigenvalue weighted by Gasteiger charge is -2.31. The Hall–Kier alpha value is -0.0300. The molecular formula is C10H15NOS2. The van der Waals surface area contributed by atoms with E-state index in [-0.39, 0.29) is 0 Å². The van der Waals surface area contributed by atoms with E-state index in [0.29, 0.717) is 12.6 Å². The van der Waals surface area contributed by atoms with E-state index >= 15 is 0 Å². The van der Waals surface area contributed by atoms with Crippen molar-refractivity contribution in [1.29, 1.82) is 0 Å². The van der Waals surface area contributed by atoms with Crippen LogP contribution in [0.3, 0.4) is 0 Å². The molecular weight excluding hydrogens is 214 g/mol. The Morgan fingerprint density at radius 3 is 2.93 bits per heavy atom. The molecule has 14 heavy (non-hydrogen) atoms. The number of thioether (sulfide) groups is 1. The molecule has 1 aliphatic rings.